The Kier molecular flexibility index (Phi) is 19.7. The van der Waals surface area contributed by atoms with Gasteiger partial charge in [-0.25, -0.2) is 0 Å². The van der Waals surface area contributed by atoms with E-state index in [0.717, 1.165) is 57.8 Å². The molecule has 4 aliphatic heterocycles. The smallest absolute Gasteiger partial charge is 0.309 e. The molecule has 0 aromatic rings. The molecule has 298 valence electrons. The molecule has 4 fully saturated rings. The van der Waals surface area contributed by atoms with Crippen molar-refractivity contribution in [2.24, 2.45) is 41.4 Å². The Morgan fingerprint density at radius 1 is 0.961 bits per heavy atom. The van der Waals surface area contributed by atoms with E-state index < -0.39 is 35.3 Å². The van der Waals surface area contributed by atoms with E-state index in [-0.39, 0.29) is 66.4 Å². The summed E-state index contributed by atoms with van der Waals surface area (Å²) in [7, 11) is 0. The minimum Gasteiger partial charge on any atom is -0.481 e. The number of hydrogen-bond donors (Lipinski definition) is 4. The first-order chi connectivity index (χ1) is 24.3. The lowest BCUT2D eigenvalue weighted by molar-refractivity contribution is -0.331. The quantitative estimate of drug-likeness (QED) is 0.0977. The van der Waals surface area contributed by atoms with Gasteiger partial charge in [0.2, 0.25) is 0 Å². The van der Waals surface area contributed by atoms with E-state index in [1.54, 1.807) is 0 Å². The summed E-state index contributed by atoms with van der Waals surface area (Å²) in [6, 6.07) is 0. The van der Waals surface area contributed by atoms with E-state index in [1.165, 1.54) is 0 Å². The number of aliphatic hydroxyl groups excluding tert-OH is 2. The Morgan fingerprint density at radius 2 is 1.65 bits per heavy atom. The largest absolute Gasteiger partial charge is 0.481 e. The number of hydrogen-bond acceptors (Lipinski definition) is 9. The monoisotopic (exact) mass is 743 g/mol. The van der Waals surface area contributed by atoms with Crippen molar-refractivity contribution >= 4 is 24.4 Å². The molecule has 4 saturated heterocycles. The summed E-state index contributed by atoms with van der Waals surface area (Å²) in [5, 5.41) is 29.7. The van der Waals surface area contributed by atoms with Crippen LogP contribution >= 0.6 is 12.6 Å². The molecule has 0 radical (unpaired) electrons. The van der Waals surface area contributed by atoms with Crippen LogP contribution in [0.1, 0.15) is 132 Å². The summed E-state index contributed by atoms with van der Waals surface area (Å²) >= 11 is 4.82. The lowest BCUT2D eigenvalue weighted by Gasteiger charge is -2.53. The molecule has 14 atom stereocenters. The van der Waals surface area contributed by atoms with Crippen molar-refractivity contribution in [1.82, 2.24) is 0 Å². The van der Waals surface area contributed by atoms with Gasteiger partial charge < -0.3 is 34.3 Å². The van der Waals surface area contributed by atoms with Crippen LogP contribution in [-0.2, 0) is 28.5 Å². The van der Waals surface area contributed by atoms with Crippen molar-refractivity contribution in [2.45, 2.75) is 174 Å². The van der Waals surface area contributed by atoms with Crippen LogP contribution in [0.15, 0.2) is 13.2 Å². The van der Waals surface area contributed by atoms with Crippen LogP contribution < -0.4 is 0 Å². The predicted octanol–water partition coefficient (Wildman–Crippen LogP) is 7.90. The number of Topliss-reactive ketones (excluding diaryl/α,β-unsaturated/α-hetero) is 1. The zero-order valence-electron chi connectivity index (χ0n) is 33.2. The average Bonchev–Trinajstić information content (AvgIpc) is 3.53. The maximum absolute atomic E-state index is 14.6. The first-order valence-electron chi connectivity index (χ1n) is 20.1. The fourth-order valence-electron chi connectivity index (χ4n) is 9.44. The van der Waals surface area contributed by atoms with Crippen molar-refractivity contribution in [2.75, 3.05) is 19.0 Å². The number of carboxylic acids is 1. The summed E-state index contributed by atoms with van der Waals surface area (Å²) < 4.78 is 26.5. The second-order valence-electron chi connectivity index (χ2n) is 15.8. The third-order valence-corrected chi connectivity index (χ3v) is 12.5. The van der Waals surface area contributed by atoms with Crippen LogP contribution in [0.3, 0.4) is 0 Å². The molecule has 0 bridgehead atoms. The minimum absolute atomic E-state index is 0.0132. The van der Waals surface area contributed by atoms with Gasteiger partial charge in [0, 0.05) is 31.1 Å². The van der Waals surface area contributed by atoms with Crippen molar-refractivity contribution < 1.29 is 43.9 Å². The molecular weight excluding hydrogens is 669 g/mol. The third kappa shape index (κ3) is 11.5. The number of thiol groups is 1. The van der Waals surface area contributed by atoms with Gasteiger partial charge in [-0.2, -0.15) is 12.6 Å². The third-order valence-electron chi connectivity index (χ3n) is 12.2. The number of carbonyl (C=O) groups is 2. The van der Waals surface area contributed by atoms with Gasteiger partial charge in [0.15, 0.2) is 5.79 Å². The highest BCUT2D eigenvalue weighted by molar-refractivity contribution is 7.80. The molecular formula is C41H74O9S. The van der Waals surface area contributed by atoms with Gasteiger partial charge in [-0.3, -0.25) is 9.59 Å². The molecule has 1 spiro atoms. The van der Waals surface area contributed by atoms with Gasteiger partial charge in [-0.05, 0) is 87.9 Å². The molecule has 0 amide bonds. The Labute approximate surface area is 315 Å². The van der Waals surface area contributed by atoms with Crippen molar-refractivity contribution in [3.63, 3.8) is 0 Å². The number of carboxylic acid groups (broad SMARTS) is 1. The van der Waals surface area contributed by atoms with Crippen molar-refractivity contribution in [1.29, 1.82) is 0 Å². The molecule has 10 heteroatoms. The van der Waals surface area contributed by atoms with E-state index in [2.05, 4.69) is 33.9 Å². The van der Waals surface area contributed by atoms with Crippen LogP contribution in [-0.4, -0.2) is 87.9 Å². The van der Waals surface area contributed by atoms with E-state index in [1.807, 2.05) is 34.6 Å². The van der Waals surface area contributed by atoms with E-state index in [4.69, 9.17) is 31.6 Å². The molecule has 51 heavy (non-hydrogen) atoms. The minimum atomic E-state index is -0.804. The Morgan fingerprint density at radius 3 is 2.22 bits per heavy atom. The summed E-state index contributed by atoms with van der Waals surface area (Å²) in [5.41, 5.74) is -0.786. The molecule has 4 rings (SSSR count). The molecule has 4 heterocycles. The standard InChI is InChI=1S/C37H64O9S.C2H6.C2H4/c1-7-28(35(41)42)30-11-9-23(3)34(44-30)25(5)18-24(4)33(40)29(21-47)37(26(6)17-22(2)19-38)15-8-14-36(46-37)16-13-32(45-36)31-12-10-27(39)20-43-31;2*1-2/h22-32,34,38-39,47H,7-21H2,1-6H3,(H,41,42);1-2H3;1-2H2/t22?,23-,24?,25?,26?,27?,28?,29?,30?,31?,32?,34?,36?,37?;;/m0../s1. The zero-order valence-corrected chi connectivity index (χ0v) is 34.1. The molecule has 0 aliphatic carbocycles. The Bertz CT molecular complexity index is 1040. The number of ether oxygens (including phenoxy) is 4. The first kappa shape index (κ1) is 46.1. The van der Waals surface area contributed by atoms with Gasteiger partial charge in [-0.15, -0.1) is 13.2 Å². The number of carbonyl (C=O) groups excluding carboxylic acids is 1. The highest BCUT2D eigenvalue weighted by atomic mass is 32.1. The summed E-state index contributed by atoms with van der Waals surface area (Å²) in [6.45, 7) is 22.8. The van der Waals surface area contributed by atoms with Crippen molar-refractivity contribution in [3.8, 4) is 0 Å². The molecule has 4 aliphatic rings. The lowest BCUT2D eigenvalue weighted by atomic mass is 9.66. The van der Waals surface area contributed by atoms with Crippen LogP contribution in [0, 0.1) is 41.4 Å². The average molecular weight is 743 g/mol. The maximum Gasteiger partial charge on any atom is 0.309 e. The number of aliphatic hydroxyl groups is 2. The molecule has 3 N–H and O–H groups in total. The van der Waals surface area contributed by atoms with Crippen LogP contribution in [0.5, 0.6) is 0 Å². The number of ketones is 1. The second kappa shape index (κ2) is 21.8. The Hall–Kier alpha value is -1.01. The SMILES string of the molecule is C=C.CC.CCC(C(=O)O)C1CC[C@H](C)C(C(C)CC(C)C(=O)C(CS)C2(C(C)CC(C)CO)CCCC3(CCC(C4CCC(O)CO4)O3)O2)O1. The van der Waals surface area contributed by atoms with Crippen LogP contribution in [0.2, 0.25) is 0 Å². The highest BCUT2D eigenvalue weighted by Gasteiger charge is 2.58. The van der Waals surface area contributed by atoms with Gasteiger partial charge in [0.25, 0.3) is 0 Å². The maximum atomic E-state index is 14.6. The van der Waals surface area contributed by atoms with E-state index in [0.29, 0.717) is 31.6 Å². The summed E-state index contributed by atoms with van der Waals surface area (Å²) in [5.74, 6) is -1.93. The van der Waals surface area contributed by atoms with Crippen LogP contribution in [0.25, 0.3) is 0 Å². The van der Waals surface area contributed by atoms with Gasteiger partial charge in [0.05, 0.1) is 54.6 Å². The van der Waals surface area contributed by atoms with Crippen molar-refractivity contribution in [3.05, 3.63) is 13.2 Å². The summed E-state index contributed by atoms with van der Waals surface area (Å²) in [6.07, 6.45) is 7.91. The Balaban J connectivity index is 0.00000217. The summed E-state index contributed by atoms with van der Waals surface area (Å²) in [4.78, 5) is 26.5. The van der Waals surface area contributed by atoms with Gasteiger partial charge in [0.1, 0.15) is 5.78 Å². The van der Waals surface area contributed by atoms with Gasteiger partial charge in [-0.1, -0.05) is 55.4 Å². The molecule has 0 aromatic heterocycles. The van der Waals surface area contributed by atoms with E-state index in [9.17, 15) is 24.9 Å². The topological polar surface area (TPSA) is 132 Å². The normalized spacial score (nSPS) is 35.9. The first-order valence-corrected chi connectivity index (χ1v) is 20.7. The zero-order chi connectivity index (χ0) is 38.5. The van der Waals surface area contributed by atoms with Gasteiger partial charge >= 0.3 is 5.97 Å². The molecule has 9 nitrogen and oxygen atoms in total. The molecule has 13 unspecified atom stereocenters. The highest BCUT2D eigenvalue weighted by Crippen LogP contribution is 2.52. The fraction of sp³-hybridized carbons (Fsp3) is 0.902. The fourth-order valence-corrected chi connectivity index (χ4v) is 9.93. The lowest BCUT2D eigenvalue weighted by Crippen LogP contribution is -2.59. The van der Waals surface area contributed by atoms with Crippen LogP contribution in [0.4, 0.5) is 0 Å². The number of rotatable bonds is 15. The molecule has 0 aromatic carbocycles. The van der Waals surface area contributed by atoms with E-state index >= 15 is 0 Å². The molecule has 0 saturated carbocycles. The number of aliphatic carboxylic acids is 1. The predicted molar refractivity (Wildman–Crippen MR) is 206 cm³/mol. The second-order valence-corrected chi connectivity index (χ2v) is 16.2.